The molecule has 9 nitrogen and oxygen atoms in total. The Kier molecular flexibility index (Phi) is 6.39. The molecule has 0 saturated carbocycles. The molecule has 0 amide bonds. The number of nitrogens with zero attached hydrogens (tertiary/aromatic N) is 2. The van der Waals surface area contributed by atoms with E-state index in [0.29, 0.717) is 17.7 Å². The highest BCUT2D eigenvalue weighted by Gasteiger charge is 2.56. The molecule has 0 spiro atoms. The lowest BCUT2D eigenvalue weighted by Gasteiger charge is -2.15. The third-order valence-corrected chi connectivity index (χ3v) is 4.97. The summed E-state index contributed by atoms with van der Waals surface area (Å²) in [6.07, 6.45) is 3.88. The summed E-state index contributed by atoms with van der Waals surface area (Å²) in [5.41, 5.74) is -3.44. The van der Waals surface area contributed by atoms with Gasteiger partial charge in [0.05, 0.1) is 0 Å². The van der Waals surface area contributed by atoms with Gasteiger partial charge in [0.1, 0.15) is 0 Å². The van der Waals surface area contributed by atoms with E-state index < -0.39 is 32.5 Å². The predicted molar refractivity (Wildman–Crippen MR) is 77.6 cm³/mol. The molecule has 1 aromatic heterocycles. The van der Waals surface area contributed by atoms with Crippen molar-refractivity contribution in [2.75, 3.05) is 5.75 Å². The SMILES string of the molecule is O=C(C(c1ncc(CCCS)cn1)P(=O)(O)O)[P+](O)(O)O. The number of carbonyl (C=O) groups is 1. The lowest BCUT2D eigenvalue weighted by Crippen LogP contribution is -2.19. The normalized spacial score (nSPS) is 14.0. The standard InChI is InChI=1S/C9H14N2O7P2S/c12-9(20(16,17)18)7(19(13,14)15)8-10-4-6(5-11-8)2-1-3-21/h4-5,7,16-18H,1-3H2,(H2-,13,14,15,21)/p+1. The van der Waals surface area contributed by atoms with E-state index >= 15 is 0 Å². The predicted octanol–water partition coefficient (Wildman–Crippen LogP) is -0.176. The van der Waals surface area contributed by atoms with E-state index in [1.807, 2.05) is 0 Å². The number of hydrogen-bond acceptors (Lipinski definition) is 8. The highest BCUT2D eigenvalue weighted by Crippen LogP contribution is 2.60. The molecule has 1 rings (SSSR count). The Hall–Kier alpha value is -0.440. The molecule has 0 aliphatic heterocycles. The molecule has 0 aliphatic rings. The van der Waals surface area contributed by atoms with Crippen LogP contribution in [0.2, 0.25) is 0 Å². The van der Waals surface area contributed by atoms with Gasteiger partial charge >= 0.3 is 21.1 Å². The van der Waals surface area contributed by atoms with Crippen molar-refractivity contribution in [1.82, 2.24) is 9.97 Å². The first-order valence-electron chi connectivity index (χ1n) is 5.66. The lowest BCUT2D eigenvalue weighted by atomic mass is 10.2. The highest BCUT2D eigenvalue weighted by atomic mass is 32.1. The minimum absolute atomic E-state index is 0.579. The summed E-state index contributed by atoms with van der Waals surface area (Å²) in [5.74, 6) is 0.0576. The fourth-order valence-electron chi connectivity index (χ4n) is 1.49. The van der Waals surface area contributed by atoms with E-state index in [9.17, 15) is 9.36 Å². The maximum atomic E-state index is 11.6. The Morgan fingerprint density at radius 1 is 1.29 bits per heavy atom. The first-order chi connectivity index (χ1) is 9.57. The largest absolute Gasteiger partial charge is 0.480 e. The first kappa shape index (κ1) is 18.6. The van der Waals surface area contributed by atoms with Crippen LogP contribution >= 0.6 is 28.2 Å². The average molecular weight is 357 g/mol. The van der Waals surface area contributed by atoms with Crippen molar-refractivity contribution in [2.24, 2.45) is 0 Å². The van der Waals surface area contributed by atoms with Gasteiger partial charge in [-0.3, -0.25) is 4.57 Å². The van der Waals surface area contributed by atoms with E-state index in [-0.39, 0.29) is 0 Å². The van der Waals surface area contributed by atoms with Crippen molar-refractivity contribution in [3.05, 3.63) is 23.8 Å². The fourth-order valence-corrected chi connectivity index (χ4v) is 3.73. The van der Waals surface area contributed by atoms with Crippen molar-refractivity contribution in [3.8, 4) is 0 Å². The second-order valence-electron chi connectivity index (χ2n) is 4.17. The molecular weight excluding hydrogens is 342 g/mol. The van der Waals surface area contributed by atoms with E-state index in [1.165, 1.54) is 12.4 Å². The Balaban J connectivity index is 3.11. The van der Waals surface area contributed by atoms with E-state index in [4.69, 9.17) is 24.5 Å². The molecule has 0 bridgehead atoms. The van der Waals surface area contributed by atoms with E-state index in [0.717, 1.165) is 6.42 Å². The van der Waals surface area contributed by atoms with Crippen molar-refractivity contribution in [3.63, 3.8) is 0 Å². The molecule has 5 N–H and O–H groups in total. The smallest absolute Gasteiger partial charge is 0.323 e. The molecule has 0 aliphatic carbocycles. The summed E-state index contributed by atoms with van der Waals surface area (Å²) in [7, 11) is -10.2. The van der Waals surface area contributed by atoms with Crippen molar-refractivity contribution < 1.29 is 33.8 Å². The van der Waals surface area contributed by atoms with Crippen LogP contribution in [0.25, 0.3) is 0 Å². The Bertz CT molecular complexity index is 542. The first-order valence-corrected chi connectivity index (χ1v) is 9.62. The van der Waals surface area contributed by atoms with E-state index in [1.54, 1.807) is 0 Å². The number of hydrogen-bond donors (Lipinski definition) is 6. The van der Waals surface area contributed by atoms with Crippen LogP contribution in [-0.2, 0) is 15.8 Å². The number of aryl methyl sites for hydroxylation is 1. The van der Waals surface area contributed by atoms with Gasteiger partial charge in [-0.2, -0.15) is 27.3 Å². The van der Waals surface area contributed by atoms with Crippen LogP contribution < -0.4 is 0 Å². The van der Waals surface area contributed by atoms with Gasteiger partial charge in [-0.15, -0.1) is 0 Å². The molecule has 21 heavy (non-hydrogen) atoms. The van der Waals surface area contributed by atoms with Crippen molar-refractivity contribution in [1.29, 1.82) is 0 Å². The molecular formula is C9H15N2O7P2S+. The molecule has 1 atom stereocenters. The Morgan fingerprint density at radius 2 is 1.81 bits per heavy atom. The van der Waals surface area contributed by atoms with Crippen molar-refractivity contribution >= 4 is 33.7 Å². The van der Waals surface area contributed by atoms with Gasteiger partial charge in [0, 0.05) is 12.4 Å². The zero-order chi connectivity index (χ0) is 16.3. The second-order valence-corrected chi connectivity index (χ2v) is 7.89. The molecule has 0 fully saturated rings. The Morgan fingerprint density at radius 3 is 2.19 bits per heavy atom. The van der Waals surface area contributed by atoms with Crippen LogP contribution in [0.15, 0.2) is 12.4 Å². The zero-order valence-corrected chi connectivity index (χ0v) is 13.3. The van der Waals surface area contributed by atoms with Crippen LogP contribution in [0.1, 0.15) is 23.5 Å². The van der Waals surface area contributed by atoms with Gasteiger partial charge in [-0.1, -0.05) is 0 Å². The summed E-state index contributed by atoms with van der Waals surface area (Å²) in [5, 5.41) is 0. The number of carbonyl (C=O) groups excluding carboxylic acids is 1. The number of rotatable bonds is 7. The van der Waals surface area contributed by atoms with E-state index in [2.05, 4.69) is 22.6 Å². The average Bonchev–Trinajstić information content (AvgIpc) is 2.35. The van der Waals surface area contributed by atoms with Gasteiger partial charge < -0.3 is 9.79 Å². The molecule has 1 heterocycles. The molecule has 0 aromatic carbocycles. The maximum absolute atomic E-state index is 11.6. The third-order valence-electron chi connectivity index (χ3n) is 2.46. The minimum Gasteiger partial charge on any atom is -0.323 e. The van der Waals surface area contributed by atoms with Crippen LogP contribution in [0.3, 0.4) is 0 Å². The highest BCUT2D eigenvalue weighted by molar-refractivity contribution is 7.80. The summed E-state index contributed by atoms with van der Waals surface area (Å²) >= 11 is 4.03. The summed E-state index contributed by atoms with van der Waals surface area (Å²) in [4.78, 5) is 64.0. The van der Waals surface area contributed by atoms with Gasteiger partial charge in [0.25, 0.3) is 0 Å². The fraction of sp³-hybridized carbons (Fsp3) is 0.444. The van der Waals surface area contributed by atoms with Crippen LogP contribution in [0, 0.1) is 0 Å². The summed E-state index contributed by atoms with van der Waals surface area (Å²) < 4.78 is 11.3. The van der Waals surface area contributed by atoms with Crippen LogP contribution in [-0.4, -0.2) is 45.7 Å². The molecule has 12 heteroatoms. The monoisotopic (exact) mass is 357 g/mol. The number of aromatic nitrogens is 2. The zero-order valence-electron chi connectivity index (χ0n) is 10.6. The van der Waals surface area contributed by atoms with Gasteiger partial charge in [-0.05, 0) is 24.2 Å². The van der Waals surface area contributed by atoms with Gasteiger partial charge in [-0.25, -0.2) is 14.8 Å². The van der Waals surface area contributed by atoms with Crippen molar-refractivity contribution in [2.45, 2.75) is 18.5 Å². The quantitative estimate of drug-likeness (QED) is 0.287. The molecule has 1 unspecified atom stereocenters. The number of thiol groups is 1. The second kappa shape index (κ2) is 7.21. The van der Waals surface area contributed by atoms with Gasteiger partial charge in [0.15, 0.2) is 5.82 Å². The van der Waals surface area contributed by atoms with Crippen LogP contribution in [0.4, 0.5) is 0 Å². The molecule has 0 radical (unpaired) electrons. The van der Waals surface area contributed by atoms with Crippen LogP contribution in [0.5, 0.6) is 0 Å². The maximum Gasteiger partial charge on any atom is 0.480 e. The molecule has 118 valence electrons. The molecule has 0 saturated heterocycles. The molecule has 1 aromatic rings. The Labute approximate surface area is 126 Å². The summed E-state index contributed by atoms with van der Waals surface area (Å²) in [6, 6.07) is 0. The topological polar surface area (TPSA) is 161 Å². The minimum atomic E-state index is -5.13. The lowest BCUT2D eigenvalue weighted by molar-refractivity contribution is -0.114. The third kappa shape index (κ3) is 5.36. The van der Waals surface area contributed by atoms with Gasteiger partial charge in [0.2, 0.25) is 5.66 Å². The summed E-state index contributed by atoms with van der Waals surface area (Å²) in [6.45, 7) is 0.